The van der Waals surface area contributed by atoms with E-state index in [0.717, 1.165) is 48.5 Å². The fraction of sp³-hybridized carbons (Fsp3) is 0.273. The van der Waals surface area contributed by atoms with Crippen molar-refractivity contribution >= 4 is 42.2 Å². The van der Waals surface area contributed by atoms with Crippen LogP contribution >= 0.6 is 7.82 Å². The molecule has 2 amide bonds. The highest BCUT2D eigenvalue weighted by molar-refractivity contribution is 7.46. The number of imidazole rings is 1. The number of nitrogens with one attached hydrogen (secondary N) is 4. The number of nitrogens with zero attached hydrogens (tertiary/aromatic N) is 4. The van der Waals surface area contributed by atoms with Gasteiger partial charge in [0.2, 0.25) is 0 Å². The minimum absolute atomic E-state index is 0.0302. The van der Waals surface area contributed by atoms with E-state index in [0.29, 0.717) is 48.2 Å². The maximum Gasteiger partial charge on any atom is 0.469 e. The van der Waals surface area contributed by atoms with Crippen molar-refractivity contribution in [2.75, 3.05) is 55.3 Å². The Hall–Kier alpha value is -4.85. The molecule has 2 aromatic heterocycles. The van der Waals surface area contributed by atoms with Crippen LogP contribution in [-0.4, -0.2) is 80.0 Å². The van der Waals surface area contributed by atoms with Crippen LogP contribution in [0.3, 0.4) is 0 Å². The number of ether oxygens (including phenoxy) is 1. The fourth-order valence-electron chi connectivity index (χ4n) is 4.89. The molecule has 0 bridgehead atoms. The molecule has 0 fully saturated rings. The lowest BCUT2D eigenvalue weighted by molar-refractivity contribution is 0.159. The van der Waals surface area contributed by atoms with Gasteiger partial charge in [0.15, 0.2) is 17.0 Å². The molecule has 14 nitrogen and oxygen atoms in total. The topological polar surface area (TPSA) is 187 Å². The van der Waals surface area contributed by atoms with Crippen LogP contribution in [0.2, 0.25) is 0 Å². The van der Waals surface area contributed by atoms with Gasteiger partial charge >= 0.3 is 13.9 Å². The summed E-state index contributed by atoms with van der Waals surface area (Å²) in [5, 5.41) is 9.01. The minimum atomic E-state index is -4.45. The summed E-state index contributed by atoms with van der Waals surface area (Å²) in [7, 11) is -4.45. The molecule has 5 aromatic rings. The van der Waals surface area contributed by atoms with Crippen molar-refractivity contribution in [2.24, 2.45) is 0 Å². The lowest BCUT2D eigenvalue weighted by Gasteiger charge is -2.20. The van der Waals surface area contributed by atoms with Crippen LogP contribution in [0, 0.1) is 0 Å². The number of fused-ring (bicyclic) bond motifs is 1. The number of hydrogen-bond donors (Lipinski definition) is 6. The molecule has 0 saturated carbocycles. The number of aromatic amines is 1. The zero-order chi connectivity index (χ0) is 33.8. The van der Waals surface area contributed by atoms with Gasteiger partial charge in [-0.2, -0.15) is 0 Å². The number of phosphoric ester groups is 1. The number of H-pyrrole nitrogens is 1. The average Bonchev–Trinajstić information content (AvgIpc) is 3.52. The van der Waals surface area contributed by atoms with Crippen molar-refractivity contribution in [1.29, 1.82) is 0 Å². The predicted molar refractivity (Wildman–Crippen MR) is 185 cm³/mol. The molecule has 15 heteroatoms. The largest absolute Gasteiger partial charge is 0.494 e. The Balaban J connectivity index is 1.08. The molecule has 5 rings (SSSR count). The highest BCUT2D eigenvalue weighted by atomic mass is 31.2. The second kappa shape index (κ2) is 16.8. The van der Waals surface area contributed by atoms with Crippen molar-refractivity contribution in [2.45, 2.75) is 19.8 Å². The first-order valence-electron chi connectivity index (χ1n) is 15.6. The minimum Gasteiger partial charge on any atom is -0.494 e. The molecule has 0 aliphatic heterocycles. The average molecular weight is 675 g/mol. The Labute approximate surface area is 278 Å². The highest BCUT2D eigenvalue weighted by Crippen LogP contribution is 2.35. The Morgan fingerprint density at radius 2 is 1.65 bits per heavy atom. The number of carbonyl (C=O) groups excluding carboxylic acids is 1. The van der Waals surface area contributed by atoms with Crippen LogP contribution in [0.4, 0.5) is 22.0 Å². The van der Waals surface area contributed by atoms with E-state index < -0.39 is 7.82 Å². The van der Waals surface area contributed by atoms with E-state index in [2.05, 4.69) is 35.4 Å². The van der Waals surface area contributed by atoms with Gasteiger partial charge in [0.1, 0.15) is 17.9 Å². The number of benzene rings is 3. The monoisotopic (exact) mass is 674 g/mol. The second-order valence-electron chi connectivity index (χ2n) is 10.8. The van der Waals surface area contributed by atoms with E-state index in [1.807, 2.05) is 90.7 Å². The zero-order valence-corrected chi connectivity index (χ0v) is 27.4. The number of likely N-dealkylation sites (N-methyl/N-ethyl adjacent to an activating group) is 1. The summed E-state index contributed by atoms with van der Waals surface area (Å²) in [5.74, 6) is 2.02. The molecule has 0 radical (unpaired) electrons. The van der Waals surface area contributed by atoms with Gasteiger partial charge in [0.25, 0.3) is 0 Å². The Bertz CT molecular complexity index is 1800. The Morgan fingerprint density at radius 3 is 2.35 bits per heavy atom. The molecular formula is C33H39N8O6P. The van der Waals surface area contributed by atoms with E-state index in [1.165, 1.54) is 6.33 Å². The van der Waals surface area contributed by atoms with Crippen LogP contribution in [0.5, 0.6) is 5.75 Å². The molecule has 48 heavy (non-hydrogen) atoms. The fourth-order valence-corrected chi connectivity index (χ4v) is 5.21. The van der Waals surface area contributed by atoms with E-state index in [9.17, 15) is 9.36 Å². The zero-order valence-electron chi connectivity index (χ0n) is 26.5. The lowest BCUT2D eigenvalue weighted by Crippen LogP contribution is -2.29. The number of hydrogen-bond acceptors (Lipinski definition) is 9. The number of phosphoric acid groups is 1. The summed E-state index contributed by atoms with van der Waals surface area (Å²) in [4.78, 5) is 48.7. The number of rotatable bonds is 17. The summed E-state index contributed by atoms with van der Waals surface area (Å²) < 4.78 is 21.3. The van der Waals surface area contributed by atoms with Crippen molar-refractivity contribution in [1.82, 2.24) is 24.8 Å². The number of anilines is 3. The maximum absolute atomic E-state index is 12.3. The van der Waals surface area contributed by atoms with Gasteiger partial charge in [0.05, 0.1) is 13.2 Å². The third kappa shape index (κ3) is 10.6. The number of urea groups is 1. The van der Waals surface area contributed by atoms with Gasteiger partial charge in [-0.3, -0.25) is 4.52 Å². The summed E-state index contributed by atoms with van der Waals surface area (Å²) in [6, 6.07) is 24.3. The molecule has 0 aliphatic rings. The van der Waals surface area contributed by atoms with Crippen LogP contribution in [0.15, 0.2) is 85.2 Å². The SMILES string of the molecule is CCN(CCCOc1ccc(-c2nc3c(NCCc4ccc(NC(=O)Nc5ccccc5)cc4)ncnc3[nH]2)cc1)CCOP(=O)(O)O. The quantitative estimate of drug-likeness (QED) is 0.0539. The van der Waals surface area contributed by atoms with Gasteiger partial charge in [-0.15, -0.1) is 0 Å². The lowest BCUT2D eigenvalue weighted by atomic mass is 10.1. The number of amides is 2. The first-order chi connectivity index (χ1) is 23.3. The second-order valence-corrected chi connectivity index (χ2v) is 12.0. The van der Waals surface area contributed by atoms with Crippen LogP contribution in [-0.2, 0) is 15.5 Å². The van der Waals surface area contributed by atoms with E-state index in [-0.39, 0.29) is 12.6 Å². The van der Waals surface area contributed by atoms with Gasteiger partial charge in [-0.25, -0.2) is 24.3 Å². The van der Waals surface area contributed by atoms with Crippen LogP contribution < -0.4 is 20.7 Å². The molecule has 0 aliphatic carbocycles. The molecule has 0 saturated heterocycles. The first kappa shape index (κ1) is 34.5. The Kier molecular flexibility index (Phi) is 12.1. The van der Waals surface area contributed by atoms with Crippen LogP contribution in [0.1, 0.15) is 18.9 Å². The highest BCUT2D eigenvalue weighted by Gasteiger charge is 2.14. The van der Waals surface area contributed by atoms with E-state index >= 15 is 0 Å². The summed E-state index contributed by atoms with van der Waals surface area (Å²) in [6.07, 6.45) is 2.98. The number of para-hydroxylation sites is 1. The normalized spacial score (nSPS) is 11.5. The van der Waals surface area contributed by atoms with Gasteiger partial charge in [0, 0.05) is 36.6 Å². The molecule has 3 aromatic carbocycles. The molecule has 252 valence electrons. The van der Waals surface area contributed by atoms with E-state index in [4.69, 9.17) is 19.5 Å². The molecule has 6 N–H and O–H groups in total. The standard InChI is InChI=1S/C33H39N8O6P/c1-2-41(20-22-47-48(43,44)45)19-6-21-46-28-15-11-25(12-16-28)30-39-29-31(35-23-36-32(29)40-30)34-18-17-24-9-13-27(14-10-24)38-33(42)37-26-7-4-3-5-8-26/h3-5,7-16,23H,2,6,17-22H2,1H3,(H2,37,38,42)(H2,43,44,45)(H2,34,35,36,39,40). The van der Waals surface area contributed by atoms with Gasteiger partial charge in [-0.1, -0.05) is 37.3 Å². The third-order valence-electron chi connectivity index (χ3n) is 7.36. The molecule has 0 unspecified atom stereocenters. The smallest absolute Gasteiger partial charge is 0.469 e. The predicted octanol–water partition coefficient (Wildman–Crippen LogP) is 5.52. The molecule has 0 spiro atoms. The number of carbonyl (C=O) groups is 1. The van der Waals surface area contributed by atoms with Crippen molar-refractivity contribution in [3.8, 4) is 17.1 Å². The first-order valence-corrected chi connectivity index (χ1v) is 17.1. The van der Waals surface area contributed by atoms with Crippen LogP contribution in [0.25, 0.3) is 22.6 Å². The summed E-state index contributed by atoms with van der Waals surface area (Å²) in [5.41, 5.74) is 4.66. The number of aromatic nitrogens is 4. The maximum atomic E-state index is 12.3. The third-order valence-corrected chi connectivity index (χ3v) is 7.88. The molecule has 2 heterocycles. The van der Waals surface area contributed by atoms with E-state index in [1.54, 1.807) is 0 Å². The van der Waals surface area contributed by atoms with Gasteiger partial charge in [-0.05, 0) is 73.5 Å². The van der Waals surface area contributed by atoms with Crippen molar-refractivity contribution in [3.63, 3.8) is 0 Å². The summed E-state index contributed by atoms with van der Waals surface area (Å²) >= 11 is 0. The summed E-state index contributed by atoms with van der Waals surface area (Å²) in [6.45, 7) is 4.96. The van der Waals surface area contributed by atoms with Crippen molar-refractivity contribution < 1.29 is 28.4 Å². The molecular weight excluding hydrogens is 635 g/mol. The molecule has 0 atom stereocenters. The van der Waals surface area contributed by atoms with Gasteiger partial charge < -0.3 is 40.4 Å². The van der Waals surface area contributed by atoms with Crippen molar-refractivity contribution in [3.05, 3.63) is 90.8 Å². The Morgan fingerprint density at radius 1 is 0.917 bits per heavy atom.